The second-order valence-electron chi connectivity index (χ2n) is 2.64. The number of hydrogen-bond acceptors (Lipinski definition) is 2. The van der Waals surface area contributed by atoms with Gasteiger partial charge < -0.3 is 10.4 Å². The maximum Gasteiger partial charge on any atom is 0.328 e. The van der Waals surface area contributed by atoms with Gasteiger partial charge in [-0.25, -0.2) is 9.18 Å². The molecule has 0 radical (unpaired) electrons. The summed E-state index contributed by atoms with van der Waals surface area (Å²) in [6, 6.07) is 5.61. The summed E-state index contributed by atoms with van der Waals surface area (Å²) in [6.07, 6.45) is 1.49. The number of nitrogens with one attached hydrogen (secondary N) is 1. The average Bonchev–Trinajstić information content (AvgIpc) is 2.18. The molecular formula is C10H8FNO3. The molecule has 0 heterocycles. The van der Waals surface area contributed by atoms with E-state index in [-0.39, 0.29) is 5.69 Å². The van der Waals surface area contributed by atoms with Crippen LogP contribution in [0.1, 0.15) is 0 Å². The molecule has 15 heavy (non-hydrogen) atoms. The van der Waals surface area contributed by atoms with E-state index >= 15 is 0 Å². The van der Waals surface area contributed by atoms with E-state index in [4.69, 9.17) is 5.11 Å². The van der Waals surface area contributed by atoms with Crippen LogP contribution in [0.15, 0.2) is 36.4 Å². The van der Waals surface area contributed by atoms with Gasteiger partial charge in [-0.2, -0.15) is 0 Å². The van der Waals surface area contributed by atoms with E-state index in [0.717, 1.165) is 6.08 Å². The van der Waals surface area contributed by atoms with Crippen LogP contribution in [-0.4, -0.2) is 17.0 Å². The van der Waals surface area contributed by atoms with E-state index in [1.165, 1.54) is 18.2 Å². The topological polar surface area (TPSA) is 66.4 Å². The van der Waals surface area contributed by atoms with Gasteiger partial charge in [0.2, 0.25) is 5.91 Å². The van der Waals surface area contributed by atoms with E-state index in [2.05, 4.69) is 5.32 Å². The predicted octanol–water partition coefficient (Wildman–Crippen LogP) is 1.40. The molecule has 0 aromatic heterocycles. The number of carboxylic acids is 1. The molecule has 1 aromatic carbocycles. The van der Waals surface area contributed by atoms with Crippen molar-refractivity contribution >= 4 is 17.6 Å². The van der Waals surface area contributed by atoms with Crippen molar-refractivity contribution < 1.29 is 19.1 Å². The van der Waals surface area contributed by atoms with E-state index in [1.807, 2.05) is 0 Å². The number of rotatable bonds is 3. The standard InChI is InChI=1S/C10H8FNO3/c11-7-3-1-2-4-8(7)12-9(13)5-6-10(14)15/h1-6H,(H,12,13)(H,14,15)/b6-5+. The number of anilines is 1. The summed E-state index contributed by atoms with van der Waals surface area (Å²) in [7, 11) is 0. The minimum absolute atomic E-state index is 0.0116. The Morgan fingerprint density at radius 2 is 1.93 bits per heavy atom. The third-order valence-electron chi connectivity index (χ3n) is 1.51. The molecule has 0 aliphatic rings. The fourth-order valence-corrected chi connectivity index (χ4v) is 0.884. The van der Waals surface area contributed by atoms with Crippen molar-refractivity contribution in [2.45, 2.75) is 0 Å². The summed E-state index contributed by atoms with van der Waals surface area (Å²) in [6.45, 7) is 0. The summed E-state index contributed by atoms with van der Waals surface area (Å²) in [4.78, 5) is 21.1. The summed E-state index contributed by atoms with van der Waals surface area (Å²) in [5, 5.41) is 10.4. The quantitative estimate of drug-likeness (QED) is 0.739. The van der Waals surface area contributed by atoms with Crippen molar-refractivity contribution in [3.8, 4) is 0 Å². The maximum atomic E-state index is 13.0. The second-order valence-corrected chi connectivity index (χ2v) is 2.64. The van der Waals surface area contributed by atoms with Crippen LogP contribution in [0.5, 0.6) is 0 Å². The van der Waals surface area contributed by atoms with Crippen molar-refractivity contribution in [1.82, 2.24) is 0 Å². The number of carboxylic acid groups (broad SMARTS) is 1. The molecule has 1 rings (SSSR count). The maximum absolute atomic E-state index is 13.0. The molecule has 2 N–H and O–H groups in total. The van der Waals surface area contributed by atoms with Crippen LogP contribution in [0.4, 0.5) is 10.1 Å². The molecule has 0 unspecified atom stereocenters. The molecule has 0 saturated heterocycles. The molecule has 0 saturated carbocycles. The number of aliphatic carboxylic acids is 1. The van der Waals surface area contributed by atoms with Gasteiger partial charge in [0.05, 0.1) is 5.69 Å². The van der Waals surface area contributed by atoms with Gasteiger partial charge >= 0.3 is 5.97 Å². The van der Waals surface area contributed by atoms with Crippen LogP contribution in [0.25, 0.3) is 0 Å². The van der Waals surface area contributed by atoms with Crippen LogP contribution in [-0.2, 0) is 9.59 Å². The van der Waals surface area contributed by atoms with E-state index < -0.39 is 17.7 Å². The van der Waals surface area contributed by atoms with Crippen LogP contribution < -0.4 is 5.32 Å². The van der Waals surface area contributed by atoms with Gasteiger partial charge in [0.1, 0.15) is 5.82 Å². The molecular weight excluding hydrogens is 201 g/mol. The summed E-state index contributed by atoms with van der Waals surface area (Å²) in [5.74, 6) is -2.50. The molecule has 0 atom stereocenters. The number of carbonyl (C=O) groups excluding carboxylic acids is 1. The molecule has 0 aliphatic heterocycles. The third-order valence-corrected chi connectivity index (χ3v) is 1.51. The van der Waals surface area contributed by atoms with Crippen molar-refractivity contribution in [2.24, 2.45) is 0 Å². The first-order chi connectivity index (χ1) is 7.09. The Morgan fingerprint density at radius 3 is 2.53 bits per heavy atom. The molecule has 4 nitrogen and oxygen atoms in total. The Morgan fingerprint density at radius 1 is 1.27 bits per heavy atom. The lowest BCUT2D eigenvalue weighted by atomic mass is 10.3. The predicted molar refractivity (Wildman–Crippen MR) is 51.8 cm³/mol. The van der Waals surface area contributed by atoms with Crippen LogP contribution in [0.2, 0.25) is 0 Å². The van der Waals surface area contributed by atoms with E-state index in [9.17, 15) is 14.0 Å². The number of halogens is 1. The number of carbonyl (C=O) groups is 2. The van der Waals surface area contributed by atoms with Crippen molar-refractivity contribution in [2.75, 3.05) is 5.32 Å². The highest BCUT2D eigenvalue weighted by molar-refractivity contribution is 6.02. The van der Waals surface area contributed by atoms with Gasteiger partial charge in [-0.3, -0.25) is 4.79 Å². The van der Waals surface area contributed by atoms with Crippen LogP contribution in [0.3, 0.4) is 0 Å². The van der Waals surface area contributed by atoms with E-state index in [0.29, 0.717) is 6.08 Å². The second kappa shape index (κ2) is 4.90. The number of benzene rings is 1. The zero-order valence-corrected chi connectivity index (χ0v) is 7.61. The lowest BCUT2D eigenvalue weighted by Gasteiger charge is -2.02. The summed E-state index contributed by atoms with van der Waals surface area (Å²) < 4.78 is 13.0. The average molecular weight is 209 g/mol. The molecule has 1 amide bonds. The molecule has 0 bridgehead atoms. The van der Waals surface area contributed by atoms with Crippen molar-refractivity contribution in [3.63, 3.8) is 0 Å². The zero-order valence-electron chi connectivity index (χ0n) is 7.61. The SMILES string of the molecule is O=C(O)/C=C/C(=O)Nc1ccccc1F. The fourth-order valence-electron chi connectivity index (χ4n) is 0.884. The van der Waals surface area contributed by atoms with Gasteiger partial charge in [-0.05, 0) is 12.1 Å². The molecule has 0 fully saturated rings. The lowest BCUT2D eigenvalue weighted by Crippen LogP contribution is -2.09. The van der Waals surface area contributed by atoms with Crippen molar-refractivity contribution in [3.05, 3.63) is 42.2 Å². The van der Waals surface area contributed by atoms with Crippen LogP contribution in [0, 0.1) is 5.82 Å². The van der Waals surface area contributed by atoms with E-state index in [1.54, 1.807) is 6.07 Å². The highest BCUT2D eigenvalue weighted by atomic mass is 19.1. The van der Waals surface area contributed by atoms with Crippen LogP contribution >= 0.6 is 0 Å². The number of amides is 1. The Bertz CT molecular complexity index is 415. The zero-order chi connectivity index (χ0) is 11.3. The smallest absolute Gasteiger partial charge is 0.328 e. The third kappa shape index (κ3) is 3.60. The summed E-state index contributed by atoms with van der Waals surface area (Å²) >= 11 is 0. The molecule has 0 aliphatic carbocycles. The Hall–Kier alpha value is -2.17. The Labute approximate surface area is 85.0 Å². The van der Waals surface area contributed by atoms with Gasteiger partial charge in [-0.15, -0.1) is 0 Å². The Balaban J connectivity index is 2.67. The van der Waals surface area contributed by atoms with Crippen molar-refractivity contribution in [1.29, 1.82) is 0 Å². The largest absolute Gasteiger partial charge is 0.478 e. The first kappa shape index (κ1) is 10.9. The number of hydrogen-bond donors (Lipinski definition) is 2. The minimum Gasteiger partial charge on any atom is -0.478 e. The molecule has 0 spiro atoms. The van der Waals surface area contributed by atoms with Gasteiger partial charge in [0, 0.05) is 12.2 Å². The Kier molecular flexibility index (Phi) is 3.56. The summed E-state index contributed by atoms with van der Waals surface area (Å²) in [5.41, 5.74) is 0.0116. The normalized spacial score (nSPS) is 10.2. The molecule has 78 valence electrons. The highest BCUT2D eigenvalue weighted by Crippen LogP contribution is 2.11. The fraction of sp³-hybridized carbons (Fsp3) is 0. The lowest BCUT2D eigenvalue weighted by molar-refractivity contribution is -0.131. The first-order valence-electron chi connectivity index (χ1n) is 4.06. The molecule has 1 aromatic rings. The van der Waals surface area contributed by atoms with Gasteiger partial charge in [0.15, 0.2) is 0 Å². The monoisotopic (exact) mass is 209 g/mol. The highest BCUT2D eigenvalue weighted by Gasteiger charge is 2.02. The van der Waals surface area contributed by atoms with Gasteiger partial charge in [-0.1, -0.05) is 12.1 Å². The first-order valence-corrected chi connectivity index (χ1v) is 4.06. The molecule has 5 heteroatoms. The number of para-hydroxylation sites is 1. The minimum atomic E-state index is -1.24. The van der Waals surface area contributed by atoms with Gasteiger partial charge in [0.25, 0.3) is 0 Å².